The summed E-state index contributed by atoms with van der Waals surface area (Å²) in [4.78, 5) is 12.8. The lowest BCUT2D eigenvalue weighted by Gasteiger charge is -2.43. The second-order valence-electron chi connectivity index (χ2n) is 9.59. The first kappa shape index (κ1) is 24.6. The molecule has 6 nitrogen and oxygen atoms in total. The summed E-state index contributed by atoms with van der Waals surface area (Å²) in [6.07, 6.45) is 5.26. The van der Waals surface area contributed by atoms with Gasteiger partial charge < -0.3 is 15.2 Å². The molecule has 9 heteroatoms. The minimum atomic E-state index is -0.893. The molecule has 0 saturated heterocycles. The van der Waals surface area contributed by atoms with Crippen LogP contribution in [-0.4, -0.2) is 32.8 Å². The van der Waals surface area contributed by atoms with Crippen molar-refractivity contribution < 1.29 is 18.3 Å². The molecule has 0 fully saturated rings. The number of thioether (sulfide) groups is 1. The van der Waals surface area contributed by atoms with Crippen molar-refractivity contribution >= 4 is 17.7 Å². The van der Waals surface area contributed by atoms with E-state index in [1.807, 2.05) is 0 Å². The molecule has 0 bridgehead atoms. The first-order valence-corrected chi connectivity index (χ1v) is 12.3. The van der Waals surface area contributed by atoms with Gasteiger partial charge in [0.25, 0.3) is 0 Å². The maximum Gasteiger partial charge on any atom is 0.322 e. The minimum absolute atomic E-state index is 0.000440. The van der Waals surface area contributed by atoms with Crippen LogP contribution in [0.5, 0.6) is 6.01 Å². The lowest BCUT2D eigenvalue weighted by atomic mass is 9.79. The van der Waals surface area contributed by atoms with Gasteiger partial charge in [-0.3, -0.25) is 0 Å². The molecule has 1 aromatic heterocycles. The van der Waals surface area contributed by atoms with Crippen molar-refractivity contribution in [2.24, 2.45) is 5.92 Å². The summed E-state index contributed by atoms with van der Waals surface area (Å²) in [6, 6.07) is 4.20. The fourth-order valence-electron chi connectivity index (χ4n) is 4.35. The molecule has 182 valence electrons. The Balaban J connectivity index is 1.54. The average molecular weight is 489 g/mol. The van der Waals surface area contributed by atoms with Crippen molar-refractivity contribution in [1.82, 2.24) is 15.0 Å². The number of ether oxygens (including phenoxy) is 2. The topological polar surface area (TPSA) is 83.2 Å². The maximum absolute atomic E-state index is 14.2. The van der Waals surface area contributed by atoms with Gasteiger partial charge >= 0.3 is 6.01 Å². The smallest absolute Gasteiger partial charge is 0.322 e. The zero-order valence-corrected chi connectivity index (χ0v) is 20.8. The van der Waals surface area contributed by atoms with Gasteiger partial charge in [-0.1, -0.05) is 49.9 Å². The molecule has 1 unspecified atom stereocenters. The lowest BCUT2D eigenvalue weighted by molar-refractivity contribution is -0.108. The van der Waals surface area contributed by atoms with Crippen LogP contribution in [0.15, 0.2) is 46.7 Å². The Bertz CT molecular complexity index is 1140. The first-order chi connectivity index (χ1) is 16.0. The molecular formula is C25H30F2N4O2S. The number of rotatable bonds is 8. The van der Waals surface area contributed by atoms with E-state index in [1.54, 1.807) is 6.92 Å². The molecule has 2 aliphatic rings. The predicted molar refractivity (Wildman–Crippen MR) is 128 cm³/mol. The van der Waals surface area contributed by atoms with Crippen LogP contribution in [0.1, 0.15) is 58.3 Å². The highest BCUT2D eigenvalue weighted by Gasteiger charge is 2.41. The van der Waals surface area contributed by atoms with Crippen LogP contribution in [0.2, 0.25) is 0 Å². The van der Waals surface area contributed by atoms with E-state index in [9.17, 15) is 8.78 Å². The maximum atomic E-state index is 14.2. The second kappa shape index (κ2) is 9.62. The van der Waals surface area contributed by atoms with Gasteiger partial charge in [0.05, 0.1) is 11.7 Å². The Labute approximate surface area is 203 Å². The van der Waals surface area contributed by atoms with Crippen molar-refractivity contribution in [2.75, 3.05) is 5.73 Å². The van der Waals surface area contributed by atoms with Crippen LogP contribution in [-0.2, 0) is 4.74 Å². The van der Waals surface area contributed by atoms with Crippen LogP contribution >= 0.6 is 11.8 Å². The van der Waals surface area contributed by atoms with E-state index in [1.165, 1.54) is 23.3 Å². The number of allylic oxidation sites excluding steroid dienone is 1. The van der Waals surface area contributed by atoms with Gasteiger partial charge in [-0.2, -0.15) is 15.0 Å². The number of aromatic nitrogens is 3. The number of nitrogen functional groups attached to an aromatic ring is 1. The quantitative estimate of drug-likeness (QED) is 0.469. The van der Waals surface area contributed by atoms with Crippen molar-refractivity contribution in [2.45, 2.75) is 75.7 Å². The number of hydrogen-bond donors (Lipinski definition) is 1. The molecule has 34 heavy (non-hydrogen) atoms. The van der Waals surface area contributed by atoms with Gasteiger partial charge in [0.1, 0.15) is 6.10 Å². The molecule has 4 rings (SSSR count). The Morgan fingerprint density at radius 1 is 1.18 bits per heavy atom. The van der Waals surface area contributed by atoms with Gasteiger partial charge in [0.15, 0.2) is 16.8 Å². The molecular weight excluding hydrogens is 458 g/mol. The molecule has 1 aliphatic carbocycles. The summed E-state index contributed by atoms with van der Waals surface area (Å²) in [7, 11) is 0. The largest absolute Gasteiger partial charge is 0.457 e. The predicted octanol–water partition coefficient (Wildman–Crippen LogP) is 5.81. The number of halogens is 2. The number of nitrogens with two attached hydrogens (primary N) is 1. The summed E-state index contributed by atoms with van der Waals surface area (Å²) >= 11 is 1.16. The Kier molecular flexibility index (Phi) is 6.96. The van der Waals surface area contributed by atoms with Gasteiger partial charge in [0.2, 0.25) is 5.95 Å². The van der Waals surface area contributed by atoms with Gasteiger partial charge in [-0.15, -0.1) is 0 Å². The molecule has 0 spiro atoms. The molecule has 2 N–H and O–H groups in total. The minimum Gasteiger partial charge on any atom is -0.457 e. The third-order valence-corrected chi connectivity index (χ3v) is 7.00. The Morgan fingerprint density at radius 2 is 1.94 bits per heavy atom. The van der Waals surface area contributed by atoms with Crippen molar-refractivity contribution in [3.63, 3.8) is 0 Å². The van der Waals surface area contributed by atoms with Crippen LogP contribution in [0, 0.1) is 17.6 Å². The fraction of sp³-hybridized carbons (Fsp3) is 0.480. The summed E-state index contributed by atoms with van der Waals surface area (Å²) < 4.78 is 40.6. The molecule has 0 saturated carbocycles. The van der Waals surface area contributed by atoms with Gasteiger partial charge in [0, 0.05) is 17.2 Å². The fourth-order valence-corrected chi connectivity index (χ4v) is 5.25. The summed E-state index contributed by atoms with van der Waals surface area (Å²) in [5, 5.41) is -0.172. The van der Waals surface area contributed by atoms with Crippen LogP contribution < -0.4 is 10.5 Å². The molecule has 2 aromatic rings. The molecule has 1 aromatic carbocycles. The summed E-state index contributed by atoms with van der Waals surface area (Å²) in [6.45, 7) is 10.1. The van der Waals surface area contributed by atoms with Gasteiger partial charge in [-0.25, -0.2) is 8.78 Å². The normalized spacial score (nSPS) is 20.6. The second-order valence-corrected chi connectivity index (χ2v) is 10.9. The average Bonchev–Trinajstić information content (AvgIpc) is 2.69. The van der Waals surface area contributed by atoms with E-state index in [2.05, 4.69) is 54.8 Å². The molecule has 2 heterocycles. The zero-order chi connectivity index (χ0) is 24.6. The van der Waals surface area contributed by atoms with Gasteiger partial charge in [-0.05, 0) is 50.3 Å². The van der Waals surface area contributed by atoms with E-state index in [0.29, 0.717) is 5.92 Å². The molecule has 3 atom stereocenters. The number of nitrogens with zero attached hydrogens (tertiary/aromatic N) is 3. The third-order valence-electron chi connectivity index (χ3n) is 6.00. The first-order valence-electron chi connectivity index (χ1n) is 11.4. The van der Waals surface area contributed by atoms with Crippen LogP contribution in [0.4, 0.5) is 14.7 Å². The van der Waals surface area contributed by atoms with Crippen molar-refractivity contribution in [1.29, 1.82) is 0 Å². The number of anilines is 1. The molecule has 0 amide bonds. The van der Waals surface area contributed by atoms with E-state index >= 15 is 0 Å². The van der Waals surface area contributed by atoms with Crippen LogP contribution in [0.3, 0.4) is 0 Å². The third kappa shape index (κ3) is 5.25. The monoisotopic (exact) mass is 488 g/mol. The SMILES string of the molecule is CC(C)C[C@@H](Oc1nc(N)nc(SC(C)c2cccc(F)c2F)n1)[C@@H]1CC2=C(C=C2)C(C)(C)O1. The van der Waals surface area contributed by atoms with Crippen LogP contribution in [0.25, 0.3) is 0 Å². The molecule has 0 radical (unpaired) electrons. The Morgan fingerprint density at radius 3 is 2.59 bits per heavy atom. The highest BCUT2D eigenvalue weighted by atomic mass is 32.2. The van der Waals surface area contributed by atoms with E-state index in [4.69, 9.17) is 15.2 Å². The lowest BCUT2D eigenvalue weighted by Crippen LogP contribution is -2.46. The summed E-state index contributed by atoms with van der Waals surface area (Å²) in [5.74, 6) is -1.42. The Hall–Kier alpha value is -2.52. The zero-order valence-electron chi connectivity index (χ0n) is 20.0. The van der Waals surface area contributed by atoms with Crippen molar-refractivity contribution in [3.05, 3.63) is 58.7 Å². The highest BCUT2D eigenvalue weighted by Crippen LogP contribution is 2.42. The standard InChI is InChI=1S/C25H30F2N4O2S/c1-13(2)11-19(20-12-15-9-10-17(15)25(4,5)33-20)32-23-29-22(28)30-24(31-23)34-14(3)16-7-6-8-18(26)21(16)27/h6-10,13-14,19-20H,11-12H2,1-5H3,(H2,28,29,30,31)/t14?,19-,20+/m1/s1. The number of benzene rings is 1. The van der Waals surface area contributed by atoms with E-state index < -0.39 is 22.5 Å². The number of hydrogen-bond acceptors (Lipinski definition) is 7. The summed E-state index contributed by atoms with van der Waals surface area (Å²) in [5.41, 5.74) is 8.28. The van der Waals surface area contributed by atoms with E-state index in [-0.39, 0.29) is 34.9 Å². The molecule has 1 aliphatic heterocycles. The highest BCUT2D eigenvalue weighted by molar-refractivity contribution is 7.99. The van der Waals surface area contributed by atoms with E-state index in [0.717, 1.165) is 30.7 Å². The van der Waals surface area contributed by atoms with Crippen molar-refractivity contribution in [3.8, 4) is 6.01 Å².